The van der Waals surface area contributed by atoms with Gasteiger partial charge in [-0.15, -0.1) is 0 Å². The molecule has 2 aromatic carbocycles. The highest BCUT2D eigenvalue weighted by Gasteiger charge is 2.23. The average molecular weight is 298 g/mol. The van der Waals surface area contributed by atoms with E-state index in [1.54, 1.807) is 0 Å². The number of hydrogen-bond acceptors (Lipinski definition) is 3. The van der Waals surface area contributed by atoms with Gasteiger partial charge in [0.15, 0.2) is 0 Å². The molecule has 0 radical (unpaired) electrons. The fraction of sp³-hybridized carbons (Fsp3) is 0.235. The minimum atomic E-state index is -0.844. The summed E-state index contributed by atoms with van der Waals surface area (Å²) >= 11 is 0. The van der Waals surface area contributed by atoms with Gasteiger partial charge in [0, 0.05) is 5.92 Å². The molecule has 1 atom stereocenters. The van der Waals surface area contributed by atoms with Crippen molar-refractivity contribution in [2.45, 2.75) is 6.42 Å². The van der Waals surface area contributed by atoms with Gasteiger partial charge in [-0.1, -0.05) is 36.4 Å². The quantitative estimate of drug-likeness (QED) is 0.675. The predicted molar refractivity (Wildman–Crippen MR) is 82.6 cm³/mol. The van der Waals surface area contributed by atoms with E-state index in [0.717, 1.165) is 28.9 Å². The molecular formula is C17H18N2O3. The van der Waals surface area contributed by atoms with Crippen LogP contribution in [0.15, 0.2) is 48.5 Å². The predicted octanol–water partition coefficient (Wildman–Crippen LogP) is 2.67. The first-order chi connectivity index (χ1) is 10.6. The molecule has 1 unspecified atom stereocenters. The van der Waals surface area contributed by atoms with Gasteiger partial charge < -0.3 is 10.5 Å². The van der Waals surface area contributed by atoms with E-state index in [-0.39, 0.29) is 12.5 Å². The molecule has 5 nitrogen and oxygen atoms in total. The highest BCUT2D eigenvalue weighted by Crippen LogP contribution is 2.32. The van der Waals surface area contributed by atoms with E-state index in [0.29, 0.717) is 11.7 Å². The summed E-state index contributed by atoms with van der Waals surface area (Å²) in [7, 11) is 0. The summed E-state index contributed by atoms with van der Waals surface area (Å²) in [6.07, 6.45) is 0.736. The second kappa shape index (κ2) is 6.07. The molecule has 0 saturated heterocycles. The summed E-state index contributed by atoms with van der Waals surface area (Å²) in [5.41, 5.74) is 8.39. The third-order valence-electron chi connectivity index (χ3n) is 3.84. The number of nitrogens with zero attached hydrogens (tertiary/aromatic N) is 1. The van der Waals surface area contributed by atoms with Gasteiger partial charge in [-0.2, -0.15) is 0 Å². The lowest BCUT2D eigenvalue weighted by Crippen LogP contribution is -2.39. The fourth-order valence-electron chi connectivity index (χ4n) is 2.72. The van der Waals surface area contributed by atoms with Gasteiger partial charge in [0.25, 0.3) is 0 Å². The van der Waals surface area contributed by atoms with Crippen molar-refractivity contribution in [3.63, 3.8) is 0 Å². The van der Waals surface area contributed by atoms with Gasteiger partial charge in [-0.05, 0) is 35.2 Å². The van der Waals surface area contributed by atoms with Crippen molar-refractivity contribution in [2.75, 3.05) is 13.2 Å². The number of rotatable bonds is 3. The van der Waals surface area contributed by atoms with Crippen LogP contribution in [-0.4, -0.2) is 29.5 Å². The molecule has 3 N–H and O–H groups in total. The van der Waals surface area contributed by atoms with Crippen LogP contribution in [0.4, 0.5) is 4.79 Å². The van der Waals surface area contributed by atoms with E-state index in [4.69, 9.17) is 10.5 Å². The van der Waals surface area contributed by atoms with Crippen molar-refractivity contribution in [3.05, 3.63) is 54.1 Å². The number of hydroxylamine groups is 2. The Morgan fingerprint density at radius 1 is 1.23 bits per heavy atom. The number of fused-ring (bicyclic) bond motifs is 1. The Bertz CT molecular complexity index is 673. The number of carbonyl (C=O) groups excluding carboxylic acids is 1. The van der Waals surface area contributed by atoms with E-state index >= 15 is 0 Å². The molecule has 1 heterocycles. The first kappa shape index (κ1) is 14.4. The summed E-state index contributed by atoms with van der Waals surface area (Å²) in [4.78, 5) is 10.9. The van der Waals surface area contributed by atoms with Gasteiger partial charge in [-0.25, -0.2) is 9.86 Å². The molecule has 0 aromatic heterocycles. The number of urea groups is 1. The zero-order valence-electron chi connectivity index (χ0n) is 12.1. The minimum Gasteiger partial charge on any atom is -0.493 e. The standard InChI is InChI=1S/C17H18N2O3/c18-17(20)19(21)10-12-8-15-9-14(6-7-16(15)22-11-12)13-4-2-1-3-5-13/h1-7,9,12,21H,8,10-11H2,(H2,18,20). The highest BCUT2D eigenvalue weighted by atomic mass is 16.5. The Morgan fingerprint density at radius 2 is 2.00 bits per heavy atom. The van der Waals surface area contributed by atoms with Gasteiger partial charge in [0.1, 0.15) is 5.75 Å². The number of benzene rings is 2. The van der Waals surface area contributed by atoms with E-state index < -0.39 is 6.03 Å². The molecule has 0 fully saturated rings. The van der Waals surface area contributed by atoms with Crippen molar-refractivity contribution in [3.8, 4) is 16.9 Å². The second-order valence-corrected chi connectivity index (χ2v) is 5.49. The monoisotopic (exact) mass is 298 g/mol. The van der Waals surface area contributed by atoms with Gasteiger partial charge in [-0.3, -0.25) is 5.21 Å². The maximum absolute atomic E-state index is 10.9. The first-order valence-corrected chi connectivity index (χ1v) is 7.20. The maximum atomic E-state index is 10.9. The molecule has 0 saturated carbocycles. The number of amides is 2. The van der Waals surface area contributed by atoms with Crippen LogP contribution in [0.3, 0.4) is 0 Å². The third kappa shape index (κ3) is 3.04. The number of nitrogens with two attached hydrogens (primary N) is 1. The molecule has 5 heteroatoms. The number of hydrogen-bond donors (Lipinski definition) is 2. The number of ether oxygens (including phenoxy) is 1. The molecule has 0 aliphatic carbocycles. The van der Waals surface area contributed by atoms with Crippen LogP contribution in [0.5, 0.6) is 5.75 Å². The SMILES string of the molecule is NC(=O)N(O)CC1COc2ccc(-c3ccccc3)cc2C1. The molecule has 3 rings (SSSR count). The highest BCUT2D eigenvalue weighted by molar-refractivity contribution is 5.70. The van der Waals surface area contributed by atoms with E-state index in [1.165, 1.54) is 0 Å². The Hall–Kier alpha value is -2.53. The largest absolute Gasteiger partial charge is 0.493 e. The summed E-state index contributed by atoms with van der Waals surface area (Å²) in [6.45, 7) is 0.631. The van der Waals surface area contributed by atoms with Crippen molar-refractivity contribution in [2.24, 2.45) is 11.7 Å². The summed E-state index contributed by atoms with van der Waals surface area (Å²) in [5, 5.41) is 10.0. The van der Waals surface area contributed by atoms with E-state index in [1.807, 2.05) is 30.3 Å². The van der Waals surface area contributed by atoms with Crippen LogP contribution in [0.2, 0.25) is 0 Å². The van der Waals surface area contributed by atoms with Crippen LogP contribution >= 0.6 is 0 Å². The lowest BCUT2D eigenvalue weighted by molar-refractivity contribution is -0.0556. The van der Waals surface area contributed by atoms with Crippen molar-refractivity contribution in [1.82, 2.24) is 5.06 Å². The molecule has 22 heavy (non-hydrogen) atoms. The first-order valence-electron chi connectivity index (χ1n) is 7.20. The van der Waals surface area contributed by atoms with Gasteiger partial charge in [0.2, 0.25) is 0 Å². The zero-order chi connectivity index (χ0) is 15.5. The zero-order valence-corrected chi connectivity index (χ0v) is 12.1. The van der Waals surface area contributed by atoms with Crippen molar-refractivity contribution >= 4 is 6.03 Å². The minimum absolute atomic E-state index is 0.0241. The number of carbonyl (C=O) groups is 1. The molecule has 2 aromatic rings. The normalized spacial score (nSPS) is 16.5. The van der Waals surface area contributed by atoms with E-state index in [9.17, 15) is 10.0 Å². The summed E-state index contributed by atoms with van der Waals surface area (Å²) in [6, 6.07) is 15.4. The lowest BCUT2D eigenvalue weighted by atomic mass is 9.93. The van der Waals surface area contributed by atoms with Crippen LogP contribution in [0.25, 0.3) is 11.1 Å². The van der Waals surface area contributed by atoms with Crippen molar-refractivity contribution < 1.29 is 14.7 Å². The second-order valence-electron chi connectivity index (χ2n) is 5.49. The van der Waals surface area contributed by atoms with Crippen molar-refractivity contribution in [1.29, 1.82) is 0 Å². The Morgan fingerprint density at radius 3 is 2.73 bits per heavy atom. The molecule has 114 valence electrons. The molecular weight excluding hydrogens is 280 g/mol. The fourth-order valence-corrected chi connectivity index (χ4v) is 2.72. The van der Waals surface area contributed by atoms with E-state index in [2.05, 4.69) is 18.2 Å². The summed E-state index contributed by atoms with van der Waals surface area (Å²) < 4.78 is 5.72. The topological polar surface area (TPSA) is 75.8 Å². The van der Waals surface area contributed by atoms with Crippen LogP contribution in [-0.2, 0) is 6.42 Å². The van der Waals surface area contributed by atoms with Crippen LogP contribution in [0, 0.1) is 5.92 Å². The Balaban J connectivity index is 1.79. The number of primary amides is 1. The molecule has 0 bridgehead atoms. The maximum Gasteiger partial charge on any atom is 0.338 e. The van der Waals surface area contributed by atoms with Crippen LogP contribution in [0.1, 0.15) is 5.56 Å². The average Bonchev–Trinajstić information content (AvgIpc) is 2.55. The smallest absolute Gasteiger partial charge is 0.338 e. The Kier molecular flexibility index (Phi) is 3.98. The van der Waals surface area contributed by atoms with Gasteiger partial charge >= 0.3 is 6.03 Å². The summed E-state index contributed by atoms with van der Waals surface area (Å²) in [5.74, 6) is 0.885. The molecule has 1 aliphatic heterocycles. The van der Waals surface area contributed by atoms with Crippen LogP contribution < -0.4 is 10.5 Å². The Labute approximate surface area is 128 Å². The lowest BCUT2D eigenvalue weighted by Gasteiger charge is -2.27. The third-order valence-corrected chi connectivity index (χ3v) is 3.84. The molecule has 1 aliphatic rings. The van der Waals surface area contributed by atoms with Gasteiger partial charge in [0.05, 0.1) is 13.2 Å². The molecule has 0 spiro atoms. The molecule has 2 amide bonds.